The van der Waals surface area contributed by atoms with Gasteiger partial charge in [-0.15, -0.1) is 0 Å². The summed E-state index contributed by atoms with van der Waals surface area (Å²) < 4.78 is 0. The Bertz CT molecular complexity index is 1040. The first-order valence-corrected chi connectivity index (χ1v) is 10.9. The Balaban J connectivity index is 1.36. The van der Waals surface area contributed by atoms with Gasteiger partial charge in [0.15, 0.2) is 0 Å². The van der Waals surface area contributed by atoms with Gasteiger partial charge >= 0.3 is 0 Å². The number of hydrogen-bond acceptors (Lipinski definition) is 4. The molecule has 0 unspecified atom stereocenters. The van der Waals surface area contributed by atoms with E-state index in [-0.39, 0.29) is 48.9 Å². The zero-order valence-electron chi connectivity index (χ0n) is 17.3. The lowest BCUT2D eigenvalue weighted by molar-refractivity contribution is -0.169. The summed E-state index contributed by atoms with van der Waals surface area (Å²) in [5, 5.41) is 18.9. The van der Waals surface area contributed by atoms with Crippen LogP contribution in [0, 0.1) is 17.2 Å². The first kappa shape index (κ1) is 19.8. The molecule has 2 aromatic rings. The van der Waals surface area contributed by atoms with E-state index in [1.165, 1.54) is 0 Å². The second kappa shape index (κ2) is 7.82. The number of piperazine rings is 1. The maximum absolute atomic E-state index is 12.7. The van der Waals surface area contributed by atoms with Crippen LogP contribution in [0.3, 0.4) is 0 Å². The van der Waals surface area contributed by atoms with Crippen LogP contribution in [0.15, 0.2) is 48.5 Å². The number of amides is 2. The minimum atomic E-state index is -0.237. The van der Waals surface area contributed by atoms with Gasteiger partial charge in [0, 0.05) is 18.4 Å². The molecule has 2 heterocycles. The monoisotopic (exact) mass is 415 g/mol. The summed E-state index contributed by atoms with van der Waals surface area (Å²) >= 11 is 0. The van der Waals surface area contributed by atoms with Crippen LogP contribution < -0.4 is 0 Å². The molecule has 3 aliphatic rings. The van der Waals surface area contributed by atoms with Crippen molar-refractivity contribution in [1.82, 2.24) is 9.80 Å². The number of aliphatic hydroxyl groups excluding tert-OH is 1. The fourth-order valence-electron chi connectivity index (χ4n) is 5.22. The van der Waals surface area contributed by atoms with E-state index < -0.39 is 0 Å². The number of hydrogen-bond donors (Lipinski definition) is 1. The Hall–Kier alpha value is -3.17. The summed E-state index contributed by atoms with van der Waals surface area (Å²) in [6.45, 7) is 0.590. The van der Waals surface area contributed by atoms with E-state index in [4.69, 9.17) is 5.26 Å². The van der Waals surface area contributed by atoms with Gasteiger partial charge in [0.1, 0.15) is 0 Å². The van der Waals surface area contributed by atoms with Gasteiger partial charge in [0.2, 0.25) is 11.8 Å². The van der Waals surface area contributed by atoms with Crippen molar-refractivity contribution in [3.8, 4) is 17.2 Å². The minimum absolute atomic E-state index is 0.0148. The molecule has 2 saturated heterocycles. The van der Waals surface area contributed by atoms with Crippen molar-refractivity contribution < 1.29 is 14.7 Å². The molecule has 5 rings (SSSR count). The van der Waals surface area contributed by atoms with Crippen LogP contribution in [-0.4, -0.2) is 58.5 Å². The molecule has 0 radical (unpaired) electrons. The molecule has 2 aromatic carbocycles. The summed E-state index contributed by atoms with van der Waals surface area (Å²) in [5.74, 6) is 0.147. The molecule has 158 valence electrons. The highest BCUT2D eigenvalue weighted by molar-refractivity contribution is 5.89. The van der Waals surface area contributed by atoms with Crippen LogP contribution in [0.5, 0.6) is 0 Å². The van der Waals surface area contributed by atoms with E-state index in [0.717, 1.165) is 36.0 Å². The number of carbonyl (C=O) groups excluding carboxylic acids is 2. The van der Waals surface area contributed by atoms with Crippen molar-refractivity contribution in [2.45, 2.75) is 37.3 Å². The Morgan fingerprint density at radius 1 is 1.06 bits per heavy atom. The van der Waals surface area contributed by atoms with Crippen molar-refractivity contribution in [3.63, 3.8) is 0 Å². The van der Waals surface area contributed by atoms with Crippen molar-refractivity contribution in [2.75, 3.05) is 19.7 Å². The van der Waals surface area contributed by atoms with Gasteiger partial charge in [-0.2, -0.15) is 5.26 Å². The van der Waals surface area contributed by atoms with Gasteiger partial charge in [0.05, 0.1) is 36.9 Å². The predicted octanol–water partition coefficient (Wildman–Crippen LogP) is 2.52. The summed E-state index contributed by atoms with van der Waals surface area (Å²) in [5.41, 5.74) is 3.78. The highest BCUT2D eigenvalue weighted by Crippen LogP contribution is 2.44. The molecular formula is C25H25N3O3. The zero-order chi connectivity index (χ0) is 21.5. The van der Waals surface area contributed by atoms with Crippen LogP contribution in [-0.2, 0) is 9.59 Å². The van der Waals surface area contributed by atoms with Crippen LogP contribution in [0.1, 0.15) is 36.3 Å². The smallest absolute Gasteiger partial charge is 0.242 e. The SMILES string of the molecule is N#Cc1ccc(-c2ccc([C@@H]3[C@H]4CN(C(=O)C5CCC5)CC(=O)N4[C@H]3CO)cc2)cc1. The van der Waals surface area contributed by atoms with Crippen molar-refractivity contribution in [2.24, 2.45) is 5.92 Å². The molecule has 1 N–H and O–H groups in total. The third kappa shape index (κ3) is 3.30. The molecular weight excluding hydrogens is 390 g/mol. The largest absolute Gasteiger partial charge is 0.394 e. The van der Waals surface area contributed by atoms with E-state index in [2.05, 4.69) is 18.2 Å². The van der Waals surface area contributed by atoms with Crippen molar-refractivity contribution in [1.29, 1.82) is 5.26 Å². The van der Waals surface area contributed by atoms with E-state index in [0.29, 0.717) is 12.1 Å². The normalized spacial score (nSPS) is 25.3. The van der Waals surface area contributed by atoms with Gasteiger partial charge in [0.25, 0.3) is 0 Å². The summed E-state index contributed by atoms with van der Waals surface area (Å²) in [6, 6.07) is 17.5. The predicted molar refractivity (Wildman–Crippen MR) is 115 cm³/mol. The molecule has 6 nitrogen and oxygen atoms in total. The molecule has 2 aliphatic heterocycles. The van der Waals surface area contributed by atoms with Crippen LogP contribution in [0.25, 0.3) is 11.1 Å². The lowest BCUT2D eigenvalue weighted by Crippen LogP contribution is -2.73. The van der Waals surface area contributed by atoms with E-state index in [1.807, 2.05) is 24.3 Å². The van der Waals surface area contributed by atoms with Crippen LogP contribution in [0.2, 0.25) is 0 Å². The first-order valence-electron chi connectivity index (χ1n) is 10.9. The number of nitrogens with zero attached hydrogens (tertiary/aromatic N) is 3. The Labute approximate surface area is 181 Å². The topological polar surface area (TPSA) is 84.6 Å². The standard InChI is InChI=1S/C25H25N3O3/c26-12-16-4-6-17(7-5-16)18-8-10-19(11-9-18)24-21-13-27(25(31)20-2-1-3-20)14-23(30)28(21)22(24)15-29/h4-11,20-22,24,29H,1-3,13-15H2/t21-,22+,24-/m1/s1. The molecule has 31 heavy (non-hydrogen) atoms. The molecule has 1 saturated carbocycles. The van der Waals surface area contributed by atoms with E-state index in [1.54, 1.807) is 21.9 Å². The average molecular weight is 415 g/mol. The van der Waals surface area contributed by atoms with Gasteiger partial charge < -0.3 is 14.9 Å². The highest BCUT2D eigenvalue weighted by Gasteiger charge is 2.54. The number of nitriles is 1. The number of benzene rings is 2. The fraction of sp³-hybridized carbons (Fsp3) is 0.400. The summed E-state index contributed by atoms with van der Waals surface area (Å²) in [6.07, 6.45) is 2.95. The van der Waals surface area contributed by atoms with E-state index >= 15 is 0 Å². The second-order valence-electron chi connectivity index (χ2n) is 8.80. The third-order valence-electron chi connectivity index (χ3n) is 7.16. The quantitative estimate of drug-likeness (QED) is 0.832. The maximum atomic E-state index is 12.7. The van der Waals surface area contributed by atoms with Gasteiger partial charge in [-0.05, 0) is 41.7 Å². The fourth-order valence-corrected chi connectivity index (χ4v) is 5.22. The molecule has 3 atom stereocenters. The summed E-state index contributed by atoms with van der Waals surface area (Å²) in [7, 11) is 0. The number of rotatable bonds is 4. The second-order valence-corrected chi connectivity index (χ2v) is 8.80. The first-order chi connectivity index (χ1) is 15.1. The Morgan fingerprint density at radius 3 is 2.26 bits per heavy atom. The Morgan fingerprint density at radius 2 is 1.71 bits per heavy atom. The third-order valence-corrected chi connectivity index (χ3v) is 7.16. The molecule has 0 bridgehead atoms. The van der Waals surface area contributed by atoms with Gasteiger partial charge in [-0.3, -0.25) is 9.59 Å². The number of carbonyl (C=O) groups is 2. The molecule has 6 heteroatoms. The Kier molecular flexibility index (Phi) is 4.99. The molecule has 0 spiro atoms. The highest BCUT2D eigenvalue weighted by atomic mass is 16.3. The summed E-state index contributed by atoms with van der Waals surface area (Å²) in [4.78, 5) is 29.0. The number of fused-ring (bicyclic) bond motifs is 1. The van der Waals surface area contributed by atoms with Crippen LogP contribution >= 0.6 is 0 Å². The zero-order valence-corrected chi connectivity index (χ0v) is 17.3. The minimum Gasteiger partial charge on any atom is -0.394 e. The van der Waals surface area contributed by atoms with Crippen molar-refractivity contribution >= 4 is 11.8 Å². The average Bonchev–Trinajstić information content (AvgIpc) is 2.74. The number of aliphatic hydroxyl groups is 1. The van der Waals surface area contributed by atoms with Crippen LogP contribution in [0.4, 0.5) is 0 Å². The molecule has 1 aliphatic carbocycles. The van der Waals surface area contributed by atoms with Gasteiger partial charge in [-0.25, -0.2) is 0 Å². The van der Waals surface area contributed by atoms with Crippen molar-refractivity contribution in [3.05, 3.63) is 59.7 Å². The molecule has 2 amide bonds. The lowest BCUT2D eigenvalue weighted by atomic mass is 9.73. The lowest BCUT2D eigenvalue weighted by Gasteiger charge is -2.59. The molecule has 0 aromatic heterocycles. The molecule has 3 fully saturated rings. The van der Waals surface area contributed by atoms with E-state index in [9.17, 15) is 14.7 Å². The maximum Gasteiger partial charge on any atom is 0.242 e. The van der Waals surface area contributed by atoms with Gasteiger partial charge in [-0.1, -0.05) is 42.8 Å².